The van der Waals surface area contributed by atoms with Crippen LogP contribution in [-0.4, -0.2) is 44.8 Å². The molecule has 5 heteroatoms. The molecule has 0 spiro atoms. The molecule has 2 atom stereocenters. The number of halogens is 1. The maximum absolute atomic E-state index is 14.4. The highest BCUT2D eigenvalue weighted by Gasteiger charge is 2.29. The molecule has 4 rings (SSSR count). The van der Waals surface area contributed by atoms with Gasteiger partial charge in [0.2, 0.25) is 0 Å². The van der Waals surface area contributed by atoms with Crippen LogP contribution in [0.15, 0.2) is 36.4 Å². The van der Waals surface area contributed by atoms with E-state index in [0.717, 1.165) is 37.5 Å². The van der Waals surface area contributed by atoms with Gasteiger partial charge in [0, 0.05) is 19.0 Å². The Morgan fingerprint density at radius 2 is 1.87 bits per heavy atom. The summed E-state index contributed by atoms with van der Waals surface area (Å²) < 4.78 is 26.1. The number of nitrogens with one attached hydrogen (secondary N) is 1. The summed E-state index contributed by atoms with van der Waals surface area (Å²) in [5.41, 5.74) is 3.51. The molecule has 4 nitrogen and oxygen atoms in total. The third-order valence-electron chi connectivity index (χ3n) is 6.78. The van der Waals surface area contributed by atoms with Crippen molar-refractivity contribution in [1.29, 1.82) is 0 Å². The van der Waals surface area contributed by atoms with Crippen molar-refractivity contribution in [1.82, 2.24) is 10.2 Å². The van der Waals surface area contributed by atoms with Gasteiger partial charge < -0.3 is 19.7 Å². The van der Waals surface area contributed by atoms with Gasteiger partial charge in [-0.15, -0.1) is 0 Å². The highest BCUT2D eigenvalue weighted by atomic mass is 19.1. The molecule has 2 aromatic rings. The van der Waals surface area contributed by atoms with Gasteiger partial charge in [-0.25, -0.2) is 4.39 Å². The van der Waals surface area contributed by atoms with Crippen LogP contribution in [-0.2, 0) is 6.54 Å². The van der Waals surface area contributed by atoms with Gasteiger partial charge in [-0.3, -0.25) is 0 Å². The average molecular weight is 427 g/mol. The number of hydrogen-bond acceptors (Lipinski definition) is 4. The summed E-state index contributed by atoms with van der Waals surface area (Å²) in [7, 11) is 3.62. The van der Waals surface area contributed by atoms with Crippen LogP contribution in [0.2, 0.25) is 0 Å². The van der Waals surface area contributed by atoms with Crippen LogP contribution < -0.4 is 14.8 Å². The van der Waals surface area contributed by atoms with Gasteiger partial charge >= 0.3 is 0 Å². The molecule has 0 aromatic heterocycles. The molecule has 0 amide bonds. The number of ether oxygens (including phenoxy) is 2. The van der Waals surface area contributed by atoms with Gasteiger partial charge in [-0.1, -0.05) is 26.0 Å². The molecule has 2 heterocycles. The highest BCUT2D eigenvalue weighted by Crippen LogP contribution is 2.37. The summed E-state index contributed by atoms with van der Waals surface area (Å²) in [5.74, 6) is 2.12. The number of rotatable bonds is 6. The molecule has 1 saturated heterocycles. The molecule has 0 bridgehead atoms. The Kier molecular flexibility index (Phi) is 6.83. The van der Waals surface area contributed by atoms with Crippen LogP contribution in [0.4, 0.5) is 4.39 Å². The SMILES string of the molecule is COc1ccc(C2CN(C)Cc3cc(OC(C(C)C)C4CCNCC4)ccc32)cc1F. The van der Waals surface area contributed by atoms with Gasteiger partial charge in [0.25, 0.3) is 0 Å². The molecule has 1 fully saturated rings. The first kappa shape index (κ1) is 22.1. The second-order valence-electron chi connectivity index (χ2n) is 9.42. The van der Waals surface area contributed by atoms with Crippen LogP contribution >= 0.6 is 0 Å². The van der Waals surface area contributed by atoms with E-state index in [2.05, 4.69) is 49.3 Å². The van der Waals surface area contributed by atoms with Crippen molar-refractivity contribution in [2.75, 3.05) is 33.8 Å². The lowest BCUT2D eigenvalue weighted by Gasteiger charge is -2.35. The number of likely N-dealkylation sites (N-methyl/N-ethyl adjacent to an activating group) is 1. The fourth-order valence-electron chi connectivity index (χ4n) is 5.19. The third-order valence-corrected chi connectivity index (χ3v) is 6.78. The Balaban J connectivity index is 1.59. The molecule has 2 unspecified atom stereocenters. The summed E-state index contributed by atoms with van der Waals surface area (Å²) in [4.78, 5) is 2.30. The number of nitrogens with zero attached hydrogens (tertiary/aromatic N) is 1. The van der Waals surface area contributed by atoms with Crippen molar-refractivity contribution in [3.8, 4) is 11.5 Å². The quantitative estimate of drug-likeness (QED) is 0.718. The Hall–Kier alpha value is -2.11. The zero-order chi connectivity index (χ0) is 22.0. The zero-order valence-corrected chi connectivity index (χ0v) is 19.2. The first-order valence-corrected chi connectivity index (χ1v) is 11.5. The van der Waals surface area contributed by atoms with Crippen molar-refractivity contribution in [2.24, 2.45) is 11.8 Å². The van der Waals surface area contributed by atoms with E-state index in [-0.39, 0.29) is 23.6 Å². The van der Waals surface area contributed by atoms with Crippen LogP contribution in [0, 0.1) is 17.7 Å². The van der Waals surface area contributed by atoms with E-state index in [1.807, 2.05) is 6.07 Å². The van der Waals surface area contributed by atoms with Crippen LogP contribution in [0.25, 0.3) is 0 Å². The van der Waals surface area contributed by atoms with E-state index < -0.39 is 0 Å². The minimum atomic E-state index is -0.309. The summed E-state index contributed by atoms with van der Waals surface area (Å²) in [5, 5.41) is 3.45. The van der Waals surface area contributed by atoms with Crippen LogP contribution in [0.3, 0.4) is 0 Å². The van der Waals surface area contributed by atoms with Crippen molar-refractivity contribution < 1.29 is 13.9 Å². The molecule has 2 aliphatic heterocycles. The summed E-state index contributed by atoms with van der Waals surface area (Å²) in [6.45, 7) is 8.41. The fourth-order valence-corrected chi connectivity index (χ4v) is 5.19. The molecule has 1 N–H and O–H groups in total. The molecule has 0 radical (unpaired) electrons. The average Bonchev–Trinajstić information content (AvgIpc) is 2.77. The second-order valence-corrected chi connectivity index (χ2v) is 9.42. The van der Waals surface area contributed by atoms with E-state index in [4.69, 9.17) is 9.47 Å². The molecular formula is C26H35FN2O2. The van der Waals surface area contributed by atoms with Gasteiger partial charge in [0.05, 0.1) is 7.11 Å². The second kappa shape index (κ2) is 9.58. The maximum atomic E-state index is 14.4. The number of piperidine rings is 1. The lowest BCUT2D eigenvalue weighted by atomic mass is 9.84. The molecule has 31 heavy (non-hydrogen) atoms. The Morgan fingerprint density at radius 3 is 2.55 bits per heavy atom. The molecule has 0 saturated carbocycles. The molecule has 2 aliphatic rings. The topological polar surface area (TPSA) is 33.7 Å². The largest absolute Gasteiger partial charge is 0.494 e. The van der Waals surface area contributed by atoms with Crippen LogP contribution in [0.1, 0.15) is 49.3 Å². The summed E-state index contributed by atoms with van der Waals surface area (Å²) >= 11 is 0. The highest BCUT2D eigenvalue weighted by molar-refractivity contribution is 5.45. The number of hydrogen-bond donors (Lipinski definition) is 1. The van der Waals surface area contributed by atoms with E-state index in [1.165, 1.54) is 31.1 Å². The van der Waals surface area contributed by atoms with E-state index in [0.29, 0.717) is 11.8 Å². The van der Waals surface area contributed by atoms with E-state index in [9.17, 15) is 4.39 Å². The van der Waals surface area contributed by atoms with Crippen molar-refractivity contribution in [3.05, 3.63) is 58.9 Å². The fraction of sp³-hybridized carbons (Fsp3) is 0.538. The maximum Gasteiger partial charge on any atom is 0.165 e. The van der Waals surface area contributed by atoms with Crippen LogP contribution in [0.5, 0.6) is 11.5 Å². The Bertz CT molecular complexity index is 895. The molecular weight excluding hydrogens is 391 g/mol. The van der Waals surface area contributed by atoms with Gasteiger partial charge in [0.1, 0.15) is 11.9 Å². The number of fused-ring (bicyclic) bond motifs is 1. The van der Waals surface area contributed by atoms with Crippen molar-refractivity contribution in [2.45, 2.75) is 45.3 Å². The summed E-state index contributed by atoms with van der Waals surface area (Å²) in [6, 6.07) is 11.8. The van der Waals surface area contributed by atoms with Crippen molar-refractivity contribution >= 4 is 0 Å². The minimum absolute atomic E-state index is 0.133. The predicted molar refractivity (Wildman–Crippen MR) is 122 cm³/mol. The number of methoxy groups -OCH3 is 1. The van der Waals surface area contributed by atoms with Crippen molar-refractivity contribution in [3.63, 3.8) is 0 Å². The van der Waals surface area contributed by atoms with E-state index >= 15 is 0 Å². The number of benzene rings is 2. The molecule has 168 valence electrons. The van der Waals surface area contributed by atoms with Gasteiger partial charge in [-0.2, -0.15) is 0 Å². The smallest absolute Gasteiger partial charge is 0.165 e. The normalized spacial score (nSPS) is 21.0. The Labute approximate surface area is 185 Å². The first-order chi connectivity index (χ1) is 15.0. The zero-order valence-electron chi connectivity index (χ0n) is 19.2. The third kappa shape index (κ3) is 4.88. The molecule has 2 aromatic carbocycles. The van der Waals surface area contributed by atoms with Gasteiger partial charge in [-0.05, 0) is 85.8 Å². The van der Waals surface area contributed by atoms with Gasteiger partial charge in [0.15, 0.2) is 11.6 Å². The monoisotopic (exact) mass is 426 g/mol. The standard InChI is InChI=1S/C26H35FN2O2/c1-17(2)26(18-9-11-28-12-10-18)31-21-6-7-22-20(13-21)15-29(3)16-23(22)19-5-8-25(30-4)24(27)14-19/h5-8,13-14,17-18,23,26,28H,9-12,15-16H2,1-4H3. The Morgan fingerprint density at radius 1 is 1.10 bits per heavy atom. The lowest BCUT2D eigenvalue weighted by molar-refractivity contribution is 0.0718. The lowest BCUT2D eigenvalue weighted by Crippen LogP contribution is -2.39. The summed E-state index contributed by atoms with van der Waals surface area (Å²) in [6.07, 6.45) is 2.57. The van der Waals surface area contributed by atoms with E-state index in [1.54, 1.807) is 12.1 Å². The molecule has 0 aliphatic carbocycles. The minimum Gasteiger partial charge on any atom is -0.494 e. The first-order valence-electron chi connectivity index (χ1n) is 11.5. The predicted octanol–water partition coefficient (Wildman–Crippen LogP) is 4.81.